The topological polar surface area (TPSA) is 64.3 Å². The van der Waals surface area contributed by atoms with Crippen molar-refractivity contribution < 1.29 is 9.53 Å². The summed E-state index contributed by atoms with van der Waals surface area (Å²) >= 11 is 3.32. The van der Waals surface area contributed by atoms with E-state index in [0.29, 0.717) is 11.4 Å². The SMILES string of the molecule is NCC1Oc2cc(Br)ccc2NC1=O. The van der Waals surface area contributed by atoms with Gasteiger partial charge in [-0.25, -0.2) is 0 Å². The number of carbonyl (C=O) groups excluding carboxylic acids is 1. The second kappa shape index (κ2) is 3.59. The molecule has 5 heteroatoms. The number of ether oxygens (including phenoxy) is 1. The molecular weight excluding hydrogens is 248 g/mol. The monoisotopic (exact) mass is 256 g/mol. The number of hydrogen-bond acceptors (Lipinski definition) is 3. The van der Waals surface area contributed by atoms with E-state index in [1.54, 1.807) is 12.1 Å². The molecule has 1 aliphatic heterocycles. The zero-order chi connectivity index (χ0) is 10.1. The molecule has 1 unspecified atom stereocenters. The Hall–Kier alpha value is -1.07. The third kappa shape index (κ3) is 1.60. The van der Waals surface area contributed by atoms with Gasteiger partial charge >= 0.3 is 0 Å². The van der Waals surface area contributed by atoms with Crippen LogP contribution in [0.15, 0.2) is 22.7 Å². The summed E-state index contributed by atoms with van der Waals surface area (Å²) in [5.41, 5.74) is 6.07. The predicted octanol–water partition coefficient (Wildman–Crippen LogP) is 1.11. The summed E-state index contributed by atoms with van der Waals surface area (Å²) in [4.78, 5) is 11.3. The zero-order valence-corrected chi connectivity index (χ0v) is 8.87. The molecule has 1 atom stereocenters. The standard InChI is InChI=1S/C9H9BrN2O2/c10-5-1-2-6-7(3-5)14-8(4-11)9(13)12-6/h1-3,8H,4,11H2,(H,12,13). The van der Waals surface area contributed by atoms with Crippen molar-refractivity contribution in [2.75, 3.05) is 11.9 Å². The van der Waals surface area contributed by atoms with Gasteiger partial charge in [0.15, 0.2) is 6.10 Å². The highest BCUT2D eigenvalue weighted by Crippen LogP contribution is 2.31. The minimum Gasteiger partial charge on any atom is -0.477 e. The fourth-order valence-corrected chi connectivity index (χ4v) is 1.61. The number of halogens is 1. The Balaban J connectivity index is 2.36. The smallest absolute Gasteiger partial charge is 0.266 e. The van der Waals surface area contributed by atoms with Crippen LogP contribution >= 0.6 is 15.9 Å². The highest BCUT2D eigenvalue weighted by molar-refractivity contribution is 9.10. The average Bonchev–Trinajstić information content (AvgIpc) is 2.17. The van der Waals surface area contributed by atoms with Crippen LogP contribution in [0.25, 0.3) is 0 Å². The molecule has 1 heterocycles. The summed E-state index contributed by atoms with van der Waals surface area (Å²) in [5.74, 6) is 0.455. The lowest BCUT2D eigenvalue weighted by molar-refractivity contribution is -0.123. The van der Waals surface area contributed by atoms with Crippen LogP contribution in [0.5, 0.6) is 5.75 Å². The first-order chi connectivity index (χ1) is 6.70. The molecule has 14 heavy (non-hydrogen) atoms. The van der Waals surface area contributed by atoms with Gasteiger partial charge in [0.25, 0.3) is 5.91 Å². The van der Waals surface area contributed by atoms with Crippen LogP contribution in [0.1, 0.15) is 0 Å². The first kappa shape index (κ1) is 9.48. The van der Waals surface area contributed by atoms with Gasteiger partial charge in [0.05, 0.1) is 5.69 Å². The lowest BCUT2D eigenvalue weighted by Gasteiger charge is -2.24. The Morgan fingerprint density at radius 2 is 2.36 bits per heavy atom. The summed E-state index contributed by atoms with van der Waals surface area (Å²) < 4.78 is 6.31. The molecule has 4 nitrogen and oxygen atoms in total. The summed E-state index contributed by atoms with van der Waals surface area (Å²) in [6, 6.07) is 5.42. The average molecular weight is 257 g/mol. The van der Waals surface area contributed by atoms with E-state index in [-0.39, 0.29) is 12.5 Å². The van der Waals surface area contributed by atoms with Gasteiger partial charge in [-0.3, -0.25) is 4.79 Å². The van der Waals surface area contributed by atoms with Gasteiger partial charge in [-0.15, -0.1) is 0 Å². The maximum atomic E-state index is 11.3. The van der Waals surface area contributed by atoms with E-state index in [0.717, 1.165) is 4.47 Å². The summed E-state index contributed by atoms with van der Waals surface area (Å²) in [6.07, 6.45) is -0.586. The van der Waals surface area contributed by atoms with E-state index in [4.69, 9.17) is 10.5 Å². The van der Waals surface area contributed by atoms with E-state index in [2.05, 4.69) is 21.2 Å². The maximum absolute atomic E-state index is 11.3. The number of hydrogen-bond donors (Lipinski definition) is 2. The van der Waals surface area contributed by atoms with Crippen LogP contribution < -0.4 is 15.8 Å². The van der Waals surface area contributed by atoms with Gasteiger partial charge in [0, 0.05) is 11.0 Å². The molecule has 0 saturated carbocycles. The number of fused-ring (bicyclic) bond motifs is 1. The van der Waals surface area contributed by atoms with Gasteiger partial charge in [-0.05, 0) is 18.2 Å². The molecule has 1 aliphatic rings. The number of rotatable bonds is 1. The third-order valence-corrected chi connectivity index (χ3v) is 2.47. The molecule has 0 fully saturated rings. The molecule has 74 valence electrons. The minimum atomic E-state index is -0.586. The molecule has 0 aromatic heterocycles. The van der Waals surface area contributed by atoms with E-state index in [1.807, 2.05) is 6.07 Å². The van der Waals surface area contributed by atoms with Gasteiger partial charge in [-0.1, -0.05) is 15.9 Å². The predicted molar refractivity (Wildman–Crippen MR) is 56.2 cm³/mol. The second-order valence-electron chi connectivity index (χ2n) is 2.97. The van der Waals surface area contributed by atoms with Crippen molar-refractivity contribution in [1.82, 2.24) is 0 Å². The van der Waals surface area contributed by atoms with Crippen molar-refractivity contribution in [1.29, 1.82) is 0 Å². The first-order valence-electron chi connectivity index (χ1n) is 4.18. The van der Waals surface area contributed by atoms with Gasteiger partial charge < -0.3 is 15.8 Å². The molecule has 0 spiro atoms. The van der Waals surface area contributed by atoms with Crippen molar-refractivity contribution in [3.8, 4) is 5.75 Å². The lowest BCUT2D eigenvalue weighted by Crippen LogP contribution is -2.42. The minimum absolute atomic E-state index is 0.178. The number of anilines is 1. The number of amides is 1. The van der Waals surface area contributed by atoms with Crippen molar-refractivity contribution >= 4 is 27.5 Å². The van der Waals surface area contributed by atoms with E-state index >= 15 is 0 Å². The van der Waals surface area contributed by atoms with Crippen LogP contribution in [-0.2, 0) is 4.79 Å². The third-order valence-electron chi connectivity index (χ3n) is 1.98. The largest absolute Gasteiger partial charge is 0.477 e. The highest BCUT2D eigenvalue weighted by Gasteiger charge is 2.25. The molecule has 1 aromatic carbocycles. The zero-order valence-electron chi connectivity index (χ0n) is 7.29. The molecule has 1 amide bonds. The molecule has 0 saturated heterocycles. The lowest BCUT2D eigenvalue weighted by atomic mass is 10.2. The Morgan fingerprint density at radius 3 is 3.07 bits per heavy atom. The van der Waals surface area contributed by atoms with Crippen molar-refractivity contribution in [3.05, 3.63) is 22.7 Å². The number of nitrogens with one attached hydrogen (secondary N) is 1. The number of carbonyl (C=O) groups is 1. The maximum Gasteiger partial charge on any atom is 0.266 e. The van der Waals surface area contributed by atoms with Crippen LogP contribution in [0.4, 0.5) is 5.69 Å². The normalized spacial score (nSPS) is 19.6. The van der Waals surface area contributed by atoms with Crippen molar-refractivity contribution in [2.24, 2.45) is 5.73 Å². The summed E-state index contributed by atoms with van der Waals surface area (Å²) in [6.45, 7) is 0.178. The van der Waals surface area contributed by atoms with Crippen LogP contribution in [0.3, 0.4) is 0 Å². The quantitative estimate of drug-likeness (QED) is 0.792. The van der Waals surface area contributed by atoms with E-state index in [9.17, 15) is 4.79 Å². The van der Waals surface area contributed by atoms with Gasteiger partial charge in [0.1, 0.15) is 5.75 Å². The Kier molecular flexibility index (Phi) is 2.43. The van der Waals surface area contributed by atoms with E-state index < -0.39 is 6.10 Å². The fourth-order valence-electron chi connectivity index (χ4n) is 1.27. The molecule has 1 aromatic rings. The Labute approximate surface area is 89.6 Å². The summed E-state index contributed by atoms with van der Waals surface area (Å²) in [7, 11) is 0. The van der Waals surface area contributed by atoms with Crippen molar-refractivity contribution in [2.45, 2.75) is 6.10 Å². The second-order valence-corrected chi connectivity index (χ2v) is 3.89. The first-order valence-corrected chi connectivity index (χ1v) is 4.97. The van der Waals surface area contributed by atoms with E-state index in [1.165, 1.54) is 0 Å². The Morgan fingerprint density at radius 1 is 1.57 bits per heavy atom. The summed E-state index contributed by atoms with van der Waals surface area (Å²) in [5, 5.41) is 2.72. The molecular formula is C9H9BrN2O2. The molecule has 0 radical (unpaired) electrons. The Bertz CT molecular complexity index is 381. The van der Waals surface area contributed by atoms with Gasteiger partial charge in [0.2, 0.25) is 0 Å². The fraction of sp³-hybridized carbons (Fsp3) is 0.222. The molecule has 0 aliphatic carbocycles. The molecule has 3 N–H and O–H groups in total. The van der Waals surface area contributed by atoms with Crippen LogP contribution in [0.2, 0.25) is 0 Å². The van der Waals surface area contributed by atoms with Crippen LogP contribution in [0, 0.1) is 0 Å². The number of benzene rings is 1. The van der Waals surface area contributed by atoms with Crippen molar-refractivity contribution in [3.63, 3.8) is 0 Å². The molecule has 2 rings (SSSR count). The highest BCUT2D eigenvalue weighted by atomic mass is 79.9. The molecule has 0 bridgehead atoms. The van der Waals surface area contributed by atoms with Gasteiger partial charge in [-0.2, -0.15) is 0 Å². The number of nitrogens with two attached hydrogens (primary N) is 1. The van der Waals surface area contributed by atoms with Crippen LogP contribution in [-0.4, -0.2) is 18.6 Å².